The molecule has 0 spiro atoms. The number of amidine groups is 1. The lowest BCUT2D eigenvalue weighted by Crippen LogP contribution is -2.45. The van der Waals surface area contributed by atoms with E-state index in [4.69, 9.17) is 9.41 Å². The second-order valence-corrected chi connectivity index (χ2v) is 13.6. The highest BCUT2D eigenvalue weighted by Crippen LogP contribution is 2.41. The van der Waals surface area contributed by atoms with E-state index in [1.54, 1.807) is 0 Å². The maximum absolute atomic E-state index is 6.56. The monoisotopic (exact) mass is 681 g/mol. The van der Waals surface area contributed by atoms with Gasteiger partial charge in [-0.1, -0.05) is 170 Å². The van der Waals surface area contributed by atoms with E-state index in [1.807, 2.05) is 12.1 Å². The molecular weight excluding hydrogens is 647 g/mol. The number of rotatable bonds is 6. The van der Waals surface area contributed by atoms with Crippen LogP contribution in [-0.4, -0.2) is 5.84 Å². The zero-order valence-electron chi connectivity index (χ0n) is 28.9. The van der Waals surface area contributed by atoms with Crippen LogP contribution in [0.2, 0.25) is 0 Å². The summed E-state index contributed by atoms with van der Waals surface area (Å²) in [5.41, 5.74) is 12.1. The van der Waals surface area contributed by atoms with Gasteiger partial charge in [0.2, 0.25) is 0 Å². The van der Waals surface area contributed by atoms with Crippen molar-refractivity contribution in [1.29, 1.82) is 0 Å². The smallest absolute Gasteiger partial charge is 0.136 e. The summed E-state index contributed by atoms with van der Waals surface area (Å²) in [6.45, 7) is 0. The molecule has 0 radical (unpaired) electrons. The van der Waals surface area contributed by atoms with Gasteiger partial charge in [-0.15, -0.1) is 0 Å². The minimum atomic E-state index is -0.254. The molecule has 0 amide bonds. The van der Waals surface area contributed by atoms with Crippen molar-refractivity contribution in [2.24, 2.45) is 4.99 Å². The summed E-state index contributed by atoms with van der Waals surface area (Å²) in [4.78, 5) is 5.24. The Kier molecular flexibility index (Phi) is 7.67. The van der Waals surface area contributed by atoms with E-state index in [9.17, 15) is 0 Å². The fraction of sp³-hybridized carbons (Fsp3) is 0.0408. The number of hydrogen-bond acceptors (Lipinski definition) is 4. The number of nitrogens with zero attached hydrogens (tertiary/aromatic N) is 1. The van der Waals surface area contributed by atoms with E-state index >= 15 is 0 Å². The molecule has 2 unspecified atom stereocenters. The predicted octanol–water partition coefficient (Wildman–Crippen LogP) is 12.1. The molecule has 9 aromatic rings. The van der Waals surface area contributed by atoms with Crippen molar-refractivity contribution in [2.75, 3.05) is 0 Å². The topological polar surface area (TPSA) is 49.6 Å². The Morgan fingerprint density at radius 3 is 1.72 bits per heavy atom. The summed E-state index contributed by atoms with van der Waals surface area (Å²) in [7, 11) is 0. The molecule has 4 heteroatoms. The SMILES string of the molecule is c1ccc(-c2ccc(-c3ccc(C4=NC(c5ccccc5)NC(c5cccc6oc7cccc(-c8ccc9ccccc9c8)c7c56)N4)cc3)cc2)cc1. The Balaban J connectivity index is 1.04. The van der Waals surface area contributed by atoms with E-state index in [0.717, 1.165) is 61.2 Å². The molecule has 1 aliphatic heterocycles. The van der Waals surface area contributed by atoms with Gasteiger partial charge >= 0.3 is 0 Å². The average Bonchev–Trinajstić information content (AvgIpc) is 3.63. The van der Waals surface area contributed by atoms with E-state index in [0.29, 0.717) is 0 Å². The van der Waals surface area contributed by atoms with Gasteiger partial charge in [0.05, 0.1) is 0 Å². The minimum Gasteiger partial charge on any atom is -0.456 e. The van der Waals surface area contributed by atoms with Gasteiger partial charge in [-0.05, 0) is 67.9 Å². The Labute approximate surface area is 308 Å². The third kappa shape index (κ3) is 5.76. The van der Waals surface area contributed by atoms with Crippen LogP contribution in [0.5, 0.6) is 0 Å². The highest BCUT2D eigenvalue weighted by Gasteiger charge is 2.28. The van der Waals surface area contributed by atoms with Gasteiger partial charge in [-0.25, -0.2) is 4.99 Å². The Morgan fingerprint density at radius 1 is 0.434 bits per heavy atom. The average molecular weight is 682 g/mol. The lowest BCUT2D eigenvalue weighted by Gasteiger charge is -2.32. The molecule has 2 N–H and O–H groups in total. The maximum atomic E-state index is 6.56. The first-order valence-electron chi connectivity index (χ1n) is 18.1. The molecule has 0 saturated heterocycles. The second-order valence-electron chi connectivity index (χ2n) is 13.6. The number of aliphatic imine (C=N–C) groups is 1. The van der Waals surface area contributed by atoms with Crippen molar-refractivity contribution in [3.63, 3.8) is 0 Å². The zero-order chi connectivity index (χ0) is 35.1. The van der Waals surface area contributed by atoms with Gasteiger partial charge in [0.25, 0.3) is 0 Å². The molecule has 252 valence electrons. The number of nitrogens with one attached hydrogen (secondary N) is 2. The highest BCUT2D eigenvalue weighted by molar-refractivity contribution is 6.14. The van der Waals surface area contributed by atoms with E-state index in [2.05, 4.69) is 187 Å². The fourth-order valence-corrected chi connectivity index (χ4v) is 7.71. The first kappa shape index (κ1) is 31.0. The fourth-order valence-electron chi connectivity index (χ4n) is 7.71. The lowest BCUT2D eigenvalue weighted by atomic mass is 9.94. The molecule has 2 atom stereocenters. The van der Waals surface area contributed by atoms with Gasteiger partial charge in [0.1, 0.15) is 29.3 Å². The van der Waals surface area contributed by atoms with E-state index in [-0.39, 0.29) is 12.3 Å². The lowest BCUT2D eigenvalue weighted by molar-refractivity contribution is 0.411. The van der Waals surface area contributed by atoms with Crippen LogP contribution in [0, 0.1) is 0 Å². The van der Waals surface area contributed by atoms with Gasteiger partial charge in [0.15, 0.2) is 0 Å². The van der Waals surface area contributed by atoms with Crippen LogP contribution < -0.4 is 10.6 Å². The van der Waals surface area contributed by atoms with Gasteiger partial charge in [0, 0.05) is 21.9 Å². The first-order valence-corrected chi connectivity index (χ1v) is 18.1. The van der Waals surface area contributed by atoms with E-state index < -0.39 is 0 Å². The van der Waals surface area contributed by atoms with Crippen LogP contribution in [-0.2, 0) is 0 Å². The summed E-state index contributed by atoms with van der Waals surface area (Å²) >= 11 is 0. The molecule has 8 aromatic carbocycles. The molecule has 0 fully saturated rings. The molecule has 4 nitrogen and oxygen atoms in total. The normalized spacial score (nSPS) is 15.7. The van der Waals surface area contributed by atoms with Crippen LogP contribution in [0.15, 0.2) is 197 Å². The van der Waals surface area contributed by atoms with Gasteiger partial charge in [-0.2, -0.15) is 0 Å². The molecule has 1 aliphatic rings. The molecule has 10 rings (SSSR count). The van der Waals surface area contributed by atoms with Gasteiger partial charge < -0.3 is 9.73 Å². The minimum absolute atomic E-state index is 0.243. The standard InChI is InChI=1S/C49H35N3O/c1-3-11-32(12-4-1)34-21-23-35(24-22-34)36-25-28-38(29-26-36)48-50-47(37-14-5-2-6-15-37)51-49(52-48)42-18-10-20-44-46(42)45-41(17-9-19-43(45)53-44)40-30-27-33-13-7-8-16-39(33)31-40/h1-31,47,49,51H,(H,50,52). The third-order valence-corrected chi connectivity index (χ3v) is 10.4. The van der Waals surface area contributed by atoms with Crippen molar-refractivity contribution in [3.05, 3.63) is 205 Å². The van der Waals surface area contributed by atoms with Crippen LogP contribution in [0.25, 0.3) is 66.1 Å². The highest BCUT2D eigenvalue weighted by atomic mass is 16.3. The summed E-state index contributed by atoms with van der Waals surface area (Å²) in [5, 5.41) is 12.3. The maximum Gasteiger partial charge on any atom is 0.136 e. The summed E-state index contributed by atoms with van der Waals surface area (Å²) < 4.78 is 6.56. The second kappa shape index (κ2) is 13.1. The Hall–Kier alpha value is -6.75. The number of benzene rings is 8. The largest absolute Gasteiger partial charge is 0.456 e. The molecule has 0 bridgehead atoms. The Bertz CT molecular complexity index is 2770. The van der Waals surface area contributed by atoms with Crippen LogP contribution in [0.1, 0.15) is 29.0 Å². The molecule has 0 saturated carbocycles. The van der Waals surface area contributed by atoms with E-state index in [1.165, 1.54) is 27.5 Å². The molecular formula is C49H35N3O. The summed E-state index contributed by atoms with van der Waals surface area (Å²) in [6, 6.07) is 66.4. The summed E-state index contributed by atoms with van der Waals surface area (Å²) in [5.74, 6) is 0.841. The third-order valence-electron chi connectivity index (χ3n) is 10.4. The van der Waals surface area contributed by atoms with Crippen molar-refractivity contribution in [3.8, 4) is 33.4 Å². The number of hydrogen-bond donors (Lipinski definition) is 2. The quantitative estimate of drug-likeness (QED) is 0.184. The van der Waals surface area contributed by atoms with Crippen molar-refractivity contribution >= 4 is 38.5 Å². The first-order chi connectivity index (χ1) is 26.2. The molecule has 0 aliphatic carbocycles. The zero-order valence-corrected chi connectivity index (χ0v) is 28.9. The number of fused-ring (bicyclic) bond motifs is 4. The van der Waals surface area contributed by atoms with Crippen LogP contribution >= 0.6 is 0 Å². The molecule has 53 heavy (non-hydrogen) atoms. The van der Waals surface area contributed by atoms with Crippen molar-refractivity contribution < 1.29 is 4.42 Å². The summed E-state index contributed by atoms with van der Waals surface area (Å²) in [6.07, 6.45) is -0.497. The molecule has 2 heterocycles. The van der Waals surface area contributed by atoms with Crippen LogP contribution in [0.4, 0.5) is 0 Å². The number of furan rings is 1. The van der Waals surface area contributed by atoms with Crippen molar-refractivity contribution in [1.82, 2.24) is 10.6 Å². The van der Waals surface area contributed by atoms with Crippen molar-refractivity contribution in [2.45, 2.75) is 12.3 Å². The van der Waals surface area contributed by atoms with Crippen LogP contribution in [0.3, 0.4) is 0 Å². The van der Waals surface area contributed by atoms with Gasteiger partial charge in [-0.3, -0.25) is 5.32 Å². The Morgan fingerprint density at radius 2 is 1.00 bits per heavy atom. The predicted molar refractivity (Wildman–Crippen MR) is 219 cm³/mol. The molecule has 1 aromatic heterocycles.